The van der Waals surface area contributed by atoms with Gasteiger partial charge in [0.25, 0.3) is 0 Å². The van der Waals surface area contributed by atoms with E-state index >= 15 is 0 Å². The number of hydrogen-bond donors (Lipinski definition) is 2. The molecule has 2 unspecified atom stereocenters. The first-order chi connectivity index (χ1) is 17.9. The number of carbonyl (C=O) groups is 2. The van der Waals surface area contributed by atoms with E-state index in [0.717, 1.165) is 64.5 Å². The normalized spacial score (nSPS) is 18.4. The molecule has 3 rings (SSSR count). The van der Waals surface area contributed by atoms with E-state index in [9.17, 15) is 9.59 Å². The van der Waals surface area contributed by atoms with Crippen LogP contribution in [0.4, 0.5) is 0 Å². The van der Waals surface area contributed by atoms with Crippen molar-refractivity contribution in [2.24, 2.45) is 25.9 Å². The van der Waals surface area contributed by atoms with Crippen LogP contribution in [0.1, 0.15) is 114 Å². The second-order valence-electron chi connectivity index (χ2n) is 12.5. The Kier molecular flexibility index (Phi) is 9.82. The molecule has 0 aliphatic heterocycles. The highest BCUT2D eigenvalue weighted by molar-refractivity contribution is 5.90. The maximum atomic E-state index is 13.4. The maximum absolute atomic E-state index is 13.4. The van der Waals surface area contributed by atoms with Crippen molar-refractivity contribution in [3.05, 3.63) is 36.4 Å². The lowest BCUT2D eigenvalue weighted by atomic mass is 9.67. The molecule has 212 valence electrons. The van der Waals surface area contributed by atoms with Gasteiger partial charge in [0.15, 0.2) is 0 Å². The SMILES string of the molecule is CCCCn1cc[n+](C)c1C(=O)NC(C)(C)C1CCCC(C(C)(C)NC(=O)c2n(CCCC)cc[n+]2C)C1. The third-order valence-electron chi connectivity index (χ3n) is 8.65. The van der Waals surface area contributed by atoms with Crippen molar-refractivity contribution < 1.29 is 18.7 Å². The van der Waals surface area contributed by atoms with Crippen LogP contribution < -0.4 is 19.8 Å². The predicted molar refractivity (Wildman–Crippen MR) is 150 cm³/mol. The van der Waals surface area contributed by atoms with Crippen LogP contribution in [0.5, 0.6) is 0 Å². The number of nitrogens with zero attached hydrogens (tertiary/aromatic N) is 4. The van der Waals surface area contributed by atoms with E-state index in [1.54, 1.807) is 0 Å². The third kappa shape index (κ3) is 6.86. The molecule has 2 N–H and O–H groups in total. The zero-order valence-electron chi connectivity index (χ0n) is 25.1. The molecule has 2 amide bonds. The summed E-state index contributed by atoms with van der Waals surface area (Å²) < 4.78 is 7.96. The molecule has 0 aromatic carbocycles. The lowest BCUT2D eigenvalue weighted by Gasteiger charge is -2.45. The predicted octanol–water partition coefficient (Wildman–Crippen LogP) is 4.06. The molecule has 2 aromatic rings. The van der Waals surface area contributed by atoms with Crippen LogP contribution in [0.2, 0.25) is 0 Å². The summed E-state index contributed by atoms with van der Waals surface area (Å²) in [4.78, 5) is 26.9. The molecule has 2 heterocycles. The standard InChI is InChI=1S/C30H50N6O2/c1-9-11-16-35-20-18-33(7)27(35)25(37)31-29(3,4)23-14-13-15-24(22-23)30(5,6)32-26(38)28-34(8)19-21-36(28)17-12-10-2/h18-21,23-24H,9-17,22H2,1-8H3/p+2. The summed E-state index contributed by atoms with van der Waals surface area (Å²) >= 11 is 0. The molecule has 2 atom stereocenters. The van der Waals surface area contributed by atoms with Crippen LogP contribution in [0.15, 0.2) is 24.8 Å². The first-order valence-corrected chi connectivity index (χ1v) is 14.7. The monoisotopic (exact) mass is 528 g/mol. The van der Waals surface area contributed by atoms with Crippen LogP contribution in [0.25, 0.3) is 0 Å². The summed E-state index contributed by atoms with van der Waals surface area (Å²) in [6, 6.07) is 0. The number of aryl methyl sites for hydroxylation is 4. The van der Waals surface area contributed by atoms with Crippen molar-refractivity contribution in [1.82, 2.24) is 19.8 Å². The summed E-state index contributed by atoms with van der Waals surface area (Å²) in [6.07, 6.45) is 16.4. The van der Waals surface area contributed by atoms with Crippen molar-refractivity contribution in [1.29, 1.82) is 0 Å². The van der Waals surface area contributed by atoms with E-state index in [-0.39, 0.29) is 22.9 Å². The average Bonchev–Trinajstić information content (AvgIpc) is 3.42. The van der Waals surface area contributed by atoms with Crippen LogP contribution in [-0.2, 0) is 27.2 Å². The van der Waals surface area contributed by atoms with Crippen LogP contribution in [0, 0.1) is 11.8 Å². The van der Waals surface area contributed by atoms with E-state index in [4.69, 9.17) is 0 Å². The highest BCUT2D eigenvalue weighted by Gasteiger charge is 2.42. The largest absolute Gasteiger partial charge is 0.347 e. The fraction of sp³-hybridized carbons (Fsp3) is 0.733. The summed E-state index contributed by atoms with van der Waals surface area (Å²) in [7, 11) is 3.87. The number of carbonyl (C=O) groups excluding carboxylic acids is 2. The van der Waals surface area contributed by atoms with Crippen molar-refractivity contribution in [2.45, 2.75) is 117 Å². The molecule has 2 aromatic heterocycles. The molecule has 1 fully saturated rings. The number of rotatable bonds is 12. The minimum atomic E-state index is -0.357. The Bertz CT molecular complexity index is 1010. The second-order valence-corrected chi connectivity index (χ2v) is 12.5. The highest BCUT2D eigenvalue weighted by Crippen LogP contribution is 2.40. The highest BCUT2D eigenvalue weighted by atomic mass is 16.2. The average molecular weight is 529 g/mol. The molecular formula is C30H52N6O2+2. The Labute approximate surface area is 229 Å². The van der Waals surface area contributed by atoms with Crippen molar-refractivity contribution >= 4 is 11.8 Å². The Morgan fingerprint density at radius 3 is 1.58 bits per heavy atom. The molecule has 0 radical (unpaired) electrons. The van der Waals surface area contributed by atoms with Crippen molar-refractivity contribution in [3.8, 4) is 0 Å². The molecule has 0 saturated heterocycles. The second kappa shape index (κ2) is 12.5. The number of amides is 2. The van der Waals surface area contributed by atoms with Gasteiger partial charge in [-0.1, -0.05) is 33.1 Å². The molecule has 1 aliphatic rings. The quantitative estimate of drug-likeness (QED) is 0.408. The van der Waals surface area contributed by atoms with Crippen LogP contribution in [-0.4, -0.2) is 32.0 Å². The first-order valence-electron chi connectivity index (χ1n) is 14.7. The number of hydrogen-bond acceptors (Lipinski definition) is 2. The lowest BCUT2D eigenvalue weighted by Crippen LogP contribution is -2.56. The lowest BCUT2D eigenvalue weighted by molar-refractivity contribution is -0.673. The zero-order chi connectivity index (χ0) is 28.1. The molecular weight excluding hydrogens is 476 g/mol. The van der Waals surface area contributed by atoms with E-state index in [2.05, 4.69) is 61.3 Å². The molecule has 0 bridgehead atoms. The van der Waals surface area contributed by atoms with Crippen LogP contribution >= 0.6 is 0 Å². The molecule has 8 nitrogen and oxygen atoms in total. The van der Waals surface area contributed by atoms with Gasteiger partial charge in [0.1, 0.15) is 24.8 Å². The van der Waals surface area contributed by atoms with Gasteiger partial charge >= 0.3 is 23.5 Å². The Morgan fingerprint density at radius 2 is 1.21 bits per heavy atom. The topological polar surface area (TPSA) is 75.8 Å². The van der Waals surface area contributed by atoms with Gasteiger partial charge < -0.3 is 10.6 Å². The maximum Gasteiger partial charge on any atom is 0.347 e. The van der Waals surface area contributed by atoms with Gasteiger partial charge in [-0.3, -0.25) is 9.59 Å². The van der Waals surface area contributed by atoms with Gasteiger partial charge in [-0.25, -0.2) is 18.3 Å². The van der Waals surface area contributed by atoms with Crippen molar-refractivity contribution in [2.75, 3.05) is 0 Å². The Hall–Kier alpha value is -2.64. The summed E-state index contributed by atoms with van der Waals surface area (Å²) in [5.74, 6) is 2.02. The molecule has 1 aliphatic carbocycles. The van der Waals surface area contributed by atoms with Gasteiger partial charge in [-0.15, -0.1) is 0 Å². The zero-order valence-corrected chi connectivity index (χ0v) is 25.1. The van der Waals surface area contributed by atoms with Gasteiger partial charge in [0, 0.05) is 11.1 Å². The van der Waals surface area contributed by atoms with Gasteiger partial charge in [0.2, 0.25) is 0 Å². The molecule has 0 spiro atoms. The van der Waals surface area contributed by atoms with Gasteiger partial charge in [0.05, 0.1) is 27.2 Å². The number of unbranched alkanes of at least 4 members (excludes halogenated alkanes) is 2. The number of aromatic nitrogens is 4. The van der Waals surface area contributed by atoms with Crippen LogP contribution in [0.3, 0.4) is 0 Å². The Morgan fingerprint density at radius 1 is 0.816 bits per heavy atom. The number of nitrogens with one attached hydrogen (secondary N) is 2. The molecule has 8 heteroatoms. The van der Waals surface area contributed by atoms with E-state index in [1.165, 1.54) is 0 Å². The van der Waals surface area contributed by atoms with Crippen molar-refractivity contribution in [3.63, 3.8) is 0 Å². The summed E-state index contributed by atoms with van der Waals surface area (Å²) in [5, 5.41) is 6.76. The smallest absolute Gasteiger partial charge is 0.340 e. The fourth-order valence-electron chi connectivity index (χ4n) is 6.05. The minimum absolute atomic E-state index is 0.0198. The summed E-state index contributed by atoms with van der Waals surface area (Å²) in [5.41, 5.74) is -0.714. The third-order valence-corrected chi connectivity index (χ3v) is 8.65. The minimum Gasteiger partial charge on any atom is -0.340 e. The molecule has 1 saturated carbocycles. The van der Waals surface area contributed by atoms with E-state index in [0.29, 0.717) is 23.5 Å². The van der Waals surface area contributed by atoms with Gasteiger partial charge in [-0.05, 0) is 71.6 Å². The van der Waals surface area contributed by atoms with Gasteiger partial charge in [-0.2, -0.15) is 0 Å². The Balaban J connectivity index is 1.69. The molecule has 38 heavy (non-hydrogen) atoms. The fourth-order valence-corrected chi connectivity index (χ4v) is 6.05. The van der Waals surface area contributed by atoms with E-state index in [1.807, 2.05) is 48.0 Å². The van der Waals surface area contributed by atoms with E-state index < -0.39 is 0 Å². The number of imidazole rings is 2. The first kappa shape index (κ1) is 29.9. The summed E-state index contributed by atoms with van der Waals surface area (Å²) in [6.45, 7) is 14.7.